The molecule has 5 rings (SSSR count). The first-order valence-electron chi connectivity index (χ1n) is 11.9. The highest BCUT2D eigenvalue weighted by Crippen LogP contribution is 2.35. The van der Waals surface area contributed by atoms with Gasteiger partial charge in [0.2, 0.25) is 5.91 Å². The predicted octanol–water partition coefficient (Wildman–Crippen LogP) is 6.00. The Morgan fingerprint density at radius 2 is 1.82 bits per heavy atom. The van der Waals surface area contributed by atoms with E-state index in [9.17, 15) is 9.59 Å². The van der Waals surface area contributed by atoms with Gasteiger partial charge in [0, 0.05) is 17.6 Å². The van der Waals surface area contributed by atoms with Gasteiger partial charge in [0.1, 0.15) is 11.2 Å². The molecular formula is C26H30ClN3O2S. The fraction of sp³-hybridized carbons (Fsp3) is 0.462. The molecule has 0 spiro atoms. The lowest BCUT2D eigenvalue weighted by molar-refractivity contribution is -0.134. The number of nitrogens with zero attached hydrogens (tertiary/aromatic N) is 2. The minimum atomic E-state index is -0.986. The van der Waals surface area contributed by atoms with Crippen molar-refractivity contribution < 1.29 is 9.59 Å². The number of thiophene rings is 1. The summed E-state index contributed by atoms with van der Waals surface area (Å²) < 4.78 is 3.11. The molecular weight excluding hydrogens is 454 g/mol. The second-order valence-corrected chi connectivity index (χ2v) is 11.0. The number of halogens is 1. The number of amides is 2. The molecule has 174 valence electrons. The van der Waals surface area contributed by atoms with Crippen LogP contribution < -0.4 is 5.32 Å². The fourth-order valence-electron chi connectivity index (χ4n) is 5.23. The van der Waals surface area contributed by atoms with Crippen molar-refractivity contribution in [2.45, 2.75) is 76.5 Å². The Kier molecular flexibility index (Phi) is 6.23. The van der Waals surface area contributed by atoms with Gasteiger partial charge in [0.25, 0.3) is 5.91 Å². The molecule has 2 amide bonds. The number of hydrogen-bond donors (Lipinski definition) is 1. The monoisotopic (exact) mass is 483 g/mol. The largest absolute Gasteiger partial charge is 0.351 e. The van der Waals surface area contributed by atoms with Crippen LogP contribution in [0.15, 0.2) is 41.8 Å². The van der Waals surface area contributed by atoms with Crippen LogP contribution in [0, 0.1) is 0 Å². The van der Waals surface area contributed by atoms with Crippen LogP contribution in [0.1, 0.15) is 67.9 Å². The molecule has 3 aromatic rings. The number of carbonyl (C=O) groups excluding carboxylic acids is 2. The number of benzene rings is 1. The molecule has 1 fully saturated rings. The minimum absolute atomic E-state index is 0.0573. The van der Waals surface area contributed by atoms with E-state index in [1.165, 1.54) is 19.3 Å². The molecule has 1 saturated carbocycles. The van der Waals surface area contributed by atoms with Crippen molar-refractivity contribution in [3.05, 3.63) is 58.1 Å². The maximum Gasteiger partial charge on any atom is 0.271 e. The molecule has 0 bridgehead atoms. The summed E-state index contributed by atoms with van der Waals surface area (Å²) in [4.78, 5) is 29.4. The van der Waals surface area contributed by atoms with E-state index < -0.39 is 5.54 Å². The summed E-state index contributed by atoms with van der Waals surface area (Å²) in [7, 11) is 0. The molecule has 1 N–H and O–H groups in total. The maximum atomic E-state index is 13.9. The van der Waals surface area contributed by atoms with Crippen molar-refractivity contribution in [1.82, 2.24) is 14.8 Å². The zero-order valence-electron chi connectivity index (χ0n) is 19.0. The number of rotatable bonds is 4. The van der Waals surface area contributed by atoms with Crippen molar-refractivity contribution >= 4 is 45.0 Å². The first kappa shape index (κ1) is 22.5. The van der Waals surface area contributed by atoms with Crippen molar-refractivity contribution in [2.75, 3.05) is 0 Å². The summed E-state index contributed by atoms with van der Waals surface area (Å²) >= 11 is 7.70. The molecule has 1 unspecified atom stereocenters. The molecule has 5 nitrogen and oxygen atoms in total. The average Bonchev–Trinajstić information content (AvgIpc) is 3.36. The van der Waals surface area contributed by atoms with Crippen molar-refractivity contribution in [3.8, 4) is 0 Å². The number of hydrogen-bond acceptors (Lipinski definition) is 3. The predicted molar refractivity (Wildman–Crippen MR) is 134 cm³/mol. The molecule has 3 heterocycles. The van der Waals surface area contributed by atoms with Crippen LogP contribution in [0.25, 0.3) is 10.2 Å². The van der Waals surface area contributed by atoms with Gasteiger partial charge in [-0.05, 0) is 55.0 Å². The van der Waals surface area contributed by atoms with Gasteiger partial charge in [-0.2, -0.15) is 0 Å². The first-order valence-corrected chi connectivity index (χ1v) is 13.2. The smallest absolute Gasteiger partial charge is 0.271 e. The number of aromatic nitrogens is 1. The Morgan fingerprint density at radius 3 is 2.55 bits per heavy atom. The van der Waals surface area contributed by atoms with Crippen molar-refractivity contribution in [3.63, 3.8) is 0 Å². The zero-order valence-corrected chi connectivity index (χ0v) is 20.6. The van der Waals surface area contributed by atoms with Gasteiger partial charge in [0.15, 0.2) is 0 Å². The summed E-state index contributed by atoms with van der Waals surface area (Å²) in [6, 6.07) is 11.7. The molecule has 1 aliphatic carbocycles. The van der Waals surface area contributed by atoms with Gasteiger partial charge in [-0.3, -0.25) is 9.59 Å². The van der Waals surface area contributed by atoms with Crippen LogP contribution >= 0.6 is 22.9 Å². The van der Waals surface area contributed by atoms with Crippen LogP contribution in [-0.2, 0) is 17.9 Å². The fourth-order valence-corrected chi connectivity index (χ4v) is 6.18. The van der Waals surface area contributed by atoms with E-state index in [4.69, 9.17) is 11.6 Å². The first-order chi connectivity index (χ1) is 16.0. The molecule has 7 heteroatoms. The molecule has 0 radical (unpaired) electrons. The topological polar surface area (TPSA) is 54.3 Å². The van der Waals surface area contributed by atoms with Crippen LogP contribution in [0.5, 0.6) is 0 Å². The van der Waals surface area contributed by atoms with Crippen molar-refractivity contribution in [1.29, 1.82) is 0 Å². The maximum absolute atomic E-state index is 13.9. The van der Waals surface area contributed by atoms with Gasteiger partial charge in [0.05, 0.1) is 16.8 Å². The van der Waals surface area contributed by atoms with E-state index in [1.807, 2.05) is 53.3 Å². The highest BCUT2D eigenvalue weighted by atomic mass is 35.5. The second kappa shape index (κ2) is 9.15. The molecule has 2 aliphatic rings. The lowest BCUT2D eigenvalue weighted by Crippen LogP contribution is -2.64. The van der Waals surface area contributed by atoms with Crippen LogP contribution in [0.2, 0.25) is 5.02 Å². The quantitative estimate of drug-likeness (QED) is 0.494. The number of carbonyl (C=O) groups is 2. The van der Waals surface area contributed by atoms with Gasteiger partial charge in [-0.15, -0.1) is 11.3 Å². The normalized spacial score (nSPS) is 22.1. The summed E-state index contributed by atoms with van der Waals surface area (Å²) in [6.07, 6.45) is 8.06. The van der Waals surface area contributed by atoms with Crippen LogP contribution in [0.4, 0.5) is 0 Å². The lowest BCUT2D eigenvalue weighted by atomic mass is 9.91. The third-order valence-corrected chi connectivity index (χ3v) is 8.34. The molecule has 33 heavy (non-hydrogen) atoms. The molecule has 1 aromatic carbocycles. The van der Waals surface area contributed by atoms with E-state index in [-0.39, 0.29) is 17.9 Å². The Balaban J connectivity index is 1.49. The Morgan fingerprint density at radius 1 is 1.12 bits per heavy atom. The lowest BCUT2D eigenvalue weighted by Gasteiger charge is -2.44. The standard InChI is InChI=1S/C26H30ClN3O2S/c1-26(25(32)28-20-7-5-3-2-4-6-8-20)17-29-21-13-14-33-23(21)15-22(29)24(31)30(26)16-18-9-11-19(27)12-10-18/h9-15,20H,2-8,16-17H2,1H3,(H,28,32). The van der Waals surface area contributed by atoms with Crippen LogP contribution in [0.3, 0.4) is 0 Å². The van der Waals surface area contributed by atoms with Crippen LogP contribution in [-0.4, -0.2) is 32.9 Å². The average molecular weight is 484 g/mol. The van der Waals surface area contributed by atoms with Gasteiger partial charge < -0.3 is 14.8 Å². The van der Waals surface area contributed by atoms with E-state index in [2.05, 4.69) is 5.32 Å². The molecule has 2 aromatic heterocycles. The van der Waals surface area contributed by atoms with Gasteiger partial charge >= 0.3 is 0 Å². The van der Waals surface area contributed by atoms with E-state index in [0.717, 1.165) is 41.5 Å². The highest BCUT2D eigenvalue weighted by Gasteiger charge is 2.48. The SMILES string of the molecule is CC1(C(=O)NC2CCCCCCC2)Cn2c(cc3sccc32)C(=O)N1Cc1ccc(Cl)cc1. The Hall–Kier alpha value is -2.31. The van der Waals surface area contributed by atoms with E-state index >= 15 is 0 Å². The van der Waals surface area contributed by atoms with Crippen molar-refractivity contribution in [2.24, 2.45) is 0 Å². The summed E-state index contributed by atoms with van der Waals surface area (Å²) in [6.45, 7) is 2.73. The Labute approximate surface area is 203 Å². The summed E-state index contributed by atoms with van der Waals surface area (Å²) in [5, 5.41) is 6.03. The van der Waals surface area contributed by atoms with Gasteiger partial charge in [-0.25, -0.2) is 0 Å². The summed E-state index contributed by atoms with van der Waals surface area (Å²) in [5.74, 6) is -0.159. The zero-order chi connectivity index (χ0) is 23.0. The number of fused-ring (bicyclic) bond motifs is 3. The highest BCUT2D eigenvalue weighted by molar-refractivity contribution is 7.17. The third-order valence-electron chi connectivity index (χ3n) is 7.23. The summed E-state index contributed by atoms with van der Waals surface area (Å²) in [5.41, 5.74) is 1.65. The minimum Gasteiger partial charge on any atom is -0.351 e. The Bertz CT molecular complexity index is 1160. The third kappa shape index (κ3) is 4.31. The van der Waals surface area contributed by atoms with Gasteiger partial charge in [-0.1, -0.05) is 55.8 Å². The molecule has 1 aliphatic heterocycles. The second-order valence-electron chi connectivity index (χ2n) is 9.59. The molecule has 0 saturated heterocycles. The van der Waals surface area contributed by atoms with E-state index in [0.29, 0.717) is 23.8 Å². The van der Waals surface area contributed by atoms with E-state index in [1.54, 1.807) is 16.2 Å². The molecule has 1 atom stereocenters. The number of nitrogens with one attached hydrogen (secondary N) is 1.